The third-order valence-electron chi connectivity index (χ3n) is 4.89. The maximum Gasteiger partial charge on any atom is 0.330 e. The van der Waals surface area contributed by atoms with Crippen molar-refractivity contribution in [2.75, 3.05) is 5.75 Å². The summed E-state index contributed by atoms with van der Waals surface area (Å²) >= 11 is 1.72. The van der Waals surface area contributed by atoms with Gasteiger partial charge in [-0.1, -0.05) is 13.3 Å². The number of hydrogen-bond donors (Lipinski definition) is 0. The van der Waals surface area contributed by atoms with Crippen LogP contribution in [0, 0.1) is 5.92 Å². The lowest BCUT2D eigenvalue weighted by Crippen LogP contribution is -2.47. The molecule has 0 spiro atoms. The Hall–Kier alpha value is -0.710. The first-order chi connectivity index (χ1) is 9.49. The molecule has 0 aromatic carbocycles. The van der Waals surface area contributed by atoms with Crippen LogP contribution in [0.25, 0.3) is 0 Å². The molecule has 1 aliphatic carbocycles. The Morgan fingerprint density at radius 2 is 2.25 bits per heavy atom. The highest BCUT2D eigenvalue weighted by atomic mass is 32.2. The van der Waals surface area contributed by atoms with Gasteiger partial charge >= 0.3 is 5.97 Å². The standard InChI is InChI=1S/C15H23NO3S/c1-10-4-3-5-11(8-10)19-14(18)12-9-20-15(2)7-6-13(17)16(12)15/h10-12H,3-9H2,1-2H3. The predicted molar refractivity (Wildman–Crippen MR) is 78.2 cm³/mol. The molecule has 4 unspecified atom stereocenters. The molecule has 2 aliphatic heterocycles. The van der Waals surface area contributed by atoms with E-state index in [1.165, 1.54) is 6.42 Å². The fraction of sp³-hybridized carbons (Fsp3) is 0.867. The van der Waals surface area contributed by atoms with Gasteiger partial charge < -0.3 is 9.64 Å². The van der Waals surface area contributed by atoms with Crippen LogP contribution in [0.3, 0.4) is 0 Å². The lowest BCUT2D eigenvalue weighted by atomic mass is 9.89. The molecular formula is C15H23NO3S. The van der Waals surface area contributed by atoms with E-state index in [4.69, 9.17) is 4.74 Å². The lowest BCUT2D eigenvalue weighted by molar-refractivity contribution is -0.160. The Morgan fingerprint density at radius 3 is 3.00 bits per heavy atom. The van der Waals surface area contributed by atoms with Crippen molar-refractivity contribution in [1.82, 2.24) is 4.90 Å². The van der Waals surface area contributed by atoms with E-state index in [-0.39, 0.29) is 28.9 Å². The largest absolute Gasteiger partial charge is 0.461 e. The number of carbonyl (C=O) groups is 2. The Kier molecular flexibility index (Phi) is 3.73. The molecule has 5 heteroatoms. The van der Waals surface area contributed by atoms with Gasteiger partial charge in [0.1, 0.15) is 12.1 Å². The second-order valence-electron chi connectivity index (χ2n) is 6.60. The van der Waals surface area contributed by atoms with Gasteiger partial charge in [-0.25, -0.2) is 4.79 Å². The molecule has 0 bridgehead atoms. The smallest absolute Gasteiger partial charge is 0.330 e. The average molecular weight is 297 g/mol. The quantitative estimate of drug-likeness (QED) is 0.735. The first-order valence-corrected chi connectivity index (χ1v) is 8.65. The van der Waals surface area contributed by atoms with E-state index in [1.807, 2.05) is 0 Å². The number of rotatable bonds is 2. The molecule has 0 N–H and O–H groups in total. The molecule has 4 nitrogen and oxygen atoms in total. The van der Waals surface area contributed by atoms with Crippen LogP contribution in [-0.2, 0) is 14.3 Å². The molecule has 0 aromatic heterocycles. The Labute approximate surface area is 124 Å². The highest BCUT2D eigenvalue weighted by molar-refractivity contribution is 8.01. The van der Waals surface area contributed by atoms with Crippen molar-refractivity contribution in [3.63, 3.8) is 0 Å². The summed E-state index contributed by atoms with van der Waals surface area (Å²) in [5.74, 6) is 1.24. The van der Waals surface area contributed by atoms with Crippen molar-refractivity contribution >= 4 is 23.6 Å². The van der Waals surface area contributed by atoms with Crippen LogP contribution in [0.5, 0.6) is 0 Å². The van der Waals surface area contributed by atoms with Gasteiger partial charge in [0.2, 0.25) is 5.91 Å². The van der Waals surface area contributed by atoms with Crippen molar-refractivity contribution in [2.45, 2.75) is 69.4 Å². The Bertz CT molecular complexity index is 427. The van der Waals surface area contributed by atoms with Gasteiger partial charge in [-0.2, -0.15) is 0 Å². The van der Waals surface area contributed by atoms with Crippen molar-refractivity contribution in [1.29, 1.82) is 0 Å². The summed E-state index contributed by atoms with van der Waals surface area (Å²) in [6, 6.07) is -0.364. The first-order valence-electron chi connectivity index (χ1n) is 7.66. The Balaban J connectivity index is 1.64. The highest BCUT2D eigenvalue weighted by Crippen LogP contribution is 2.47. The number of amides is 1. The zero-order valence-corrected chi connectivity index (χ0v) is 13.1. The molecule has 0 aromatic rings. The maximum absolute atomic E-state index is 12.4. The van der Waals surface area contributed by atoms with Crippen molar-refractivity contribution < 1.29 is 14.3 Å². The summed E-state index contributed by atoms with van der Waals surface area (Å²) in [7, 11) is 0. The zero-order chi connectivity index (χ0) is 14.3. The van der Waals surface area contributed by atoms with Gasteiger partial charge in [-0.05, 0) is 38.5 Å². The van der Waals surface area contributed by atoms with Crippen molar-refractivity contribution in [3.05, 3.63) is 0 Å². The van der Waals surface area contributed by atoms with Crippen molar-refractivity contribution in [3.8, 4) is 0 Å². The van der Waals surface area contributed by atoms with Crippen molar-refractivity contribution in [2.24, 2.45) is 5.92 Å². The number of esters is 1. The second-order valence-corrected chi connectivity index (χ2v) is 8.10. The summed E-state index contributed by atoms with van der Waals surface area (Å²) in [5, 5.41) is 0. The molecule has 0 radical (unpaired) electrons. The molecular weight excluding hydrogens is 274 g/mol. The van der Waals surface area contributed by atoms with Gasteiger partial charge in [0.15, 0.2) is 0 Å². The SMILES string of the molecule is CC1CCCC(OC(=O)C2CSC3(C)CCC(=O)N23)C1. The van der Waals surface area contributed by atoms with Gasteiger partial charge in [-0.15, -0.1) is 11.8 Å². The number of thioether (sulfide) groups is 1. The highest BCUT2D eigenvalue weighted by Gasteiger charge is 2.53. The molecule has 2 heterocycles. The van der Waals surface area contributed by atoms with Crippen LogP contribution in [0.4, 0.5) is 0 Å². The van der Waals surface area contributed by atoms with E-state index in [1.54, 1.807) is 16.7 Å². The number of ether oxygens (including phenoxy) is 1. The summed E-state index contributed by atoms with van der Waals surface area (Å²) in [5.41, 5.74) is 0. The zero-order valence-electron chi connectivity index (χ0n) is 12.3. The topological polar surface area (TPSA) is 46.6 Å². The predicted octanol–water partition coefficient (Wildman–Crippen LogP) is 2.56. The molecule has 2 saturated heterocycles. The van der Waals surface area contributed by atoms with Gasteiger partial charge in [-0.3, -0.25) is 4.79 Å². The fourth-order valence-corrected chi connectivity index (χ4v) is 5.14. The summed E-state index contributed by atoms with van der Waals surface area (Å²) < 4.78 is 5.70. The van der Waals surface area contributed by atoms with Crippen LogP contribution in [0.2, 0.25) is 0 Å². The monoisotopic (exact) mass is 297 g/mol. The van der Waals surface area contributed by atoms with Crippen LogP contribution >= 0.6 is 11.8 Å². The summed E-state index contributed by atoms with van der Waals surface area (Å²) in [4.78, 5) is 26.1. The minimum absolute atomic E-state index is 0.0563. The molecule has 3 fully saturated rings. The molecule has 4 atom stereocenters. The number of carbonyl (C=O) groups excluding carboxylic acids is 2. The number of nitrogens with zero attached hydrogens (tertiary/aromatic N) is 1. The molecule has 1 saturated carbocycles. The number of fused-ring (bicyclic) bond motifs is 1. The molecule has 1 amide bonds. The third kappa shape index (κ3) is 2.45. The van der Waals surface area contributed by atoms with E-state index in [9.17, 15) is 9.59 Å². The summed E-state index contributed by atoms with van der Waals surface area (Å²) in [6.45, 7) is 4.28. The van der Waals surface area contributed by atoms with Crippen LogP contribution in [-0.4, -0.2) is 39.5 Å². The van der Waals surface area contributed by atoms with E-state index in [0.717, 1.165) is 25.7 Å². The number of hydrogen-bond acceptors (Lipinski definition) is 4. The van der Waals surface area contributed by atoms with Crippen LogP contribution < -0.4 is 0 Å². The maximum atomic E-state index is 12.4. The minimum atomic E-state index is -0.364. The van der Waals surface area contributed by atoms with E-state index in [2.05, 4.69) is 13.8 Å². The average Bonchev–Trinajstić information content (AvgIpc) is 2.87. The summed E-state index contributed by atoms with van der Waals surface area (Å²) in [6.07, 6.45) is 5.78. The second kappa shape index (κ2) is 5.24. The minimum Gasteiger partial charge on any atom is -0.461 e. The molecule has 3 aliphatic rings. The molecule has 20 heavy (non-hydrogen) atoms. The van der Waals surface area contributed by atoms with Crippen LogP contribution in [0.1, 0.15) is 52.4 Å². The van der Waals surface area contributed by atoms with Gasteiger partial charge in [0.05, 0.1) is 4.87 Å². The lowest BCUT2D eigenvalue weighted by Gasteiger charge is -2.31. The van der Waals surface area contributed by atoms with E-state index >= 15 is 0 Å². The Morgan fingerprint density at radius 1 is 1.45 bits per heavy atom. The third-order valence-corrected chi connectivity index (χ3v) is 6.39. The van der Waals surface area contributed by atoms with E-state index in [0.29, 0.717) is 18.1 Å². The van der Waals surface area contributed by atoms with E-state index < -0.39 is 0 Å². The molecule has 112 valence electrons. The van der Waals surface area contributed by atoms with Gasteiger partial charge in [0.25, 0.3) is 0 Å². The molecule has 3 rings (SSSR count). The van der Waals surface area contributed by atoms with Crippen LogP contribution in [0.15, 0.2) is 0 Å². The normalized spacial score (nSPS) is 40.8. The first kappa shape index (κ1) is 14.2. The fourth-order valence-electron chi connectivity index (χ4n) is 3.72. The van der Waals surface area contributed by atoms with Gasteiger partial charge in [0, 0.05) is 12.2 Å².